The van der Waals surface area contributed by atoms with Crippen molar-refractivity contribution >= 4 is 39.2 Å². The Labute approximate surface area is 256 Å². The first-order valence-electron chi connectivity index (χ1n) is 14.5. The zero-order chi connectivity index (χ0) is 31.2. The number of rotatable bonds is 7. The maximum absolute atomic E-state index is 15.4. The lowest BCUT2D eigenvalue weighted by Gasteiger charge is -2.20. The van der Waals surface area contributed by atoms with Crippen molar-refractivity contribution in [2.75, 3.05) is 13.2 Å². The molecular formula is C33H31ClF3N3O4. The van der Waals surface area contributed by atoms with Crippen LogP contribution < -0.4 is 4.74 Å². The van der Waals surface area contributed by atoms with Crippen molar-refractivity contribution in [2.45, 2.75) is 51.7 Å². The lowest BCUT2D eigenvalue weighted by atomic mass is 9.97. The molecule has 7 nitrogen and oxygen atoms in total. The molecular weight excluding hydrogens is 595 g/mol. The molecule has 0 saturated heterocycles. The first-order chi connectivity index (χ1) is 21.1. The number of halogens is 4. The monoisotopic (exact) mass is 625 g/mol. The molecule has 44 heavy (non-hydrogen) atoms. The zero-order valence-electron chi connectivity index (χ0n) is 24.3. The number of carboxylic acid groups (broad SMARTS) is 1. The smallest absolute Gasteiger partial charge is 0.352 e. The van der Waals surface area contributed by atoms with Gasteiger partial charge in [0.15, 0.2) is 0 Å². The molecule has 0 atom stereocenters. The fourth-order valence-corrected chi connectivity index (χ4v) is 6.53. The number of benzene rings is 3. The zero-order valence-corrected chi connectivity index (χ0v) is 25.1. The Morgan fingerprint density at radius 1 is 1.16 bits per heavy atom. The second-order valence-corrected chi connectivity index (χ2v) is 11.4. The molecule has 0 unspecified atom stereocenters. The van der Waals surface area contributed by atoms with Crippen LogP contribution >= 0.6 is 11.6 Å². The van der Waals surface area contributed by atoms with E-state index < -0.39 is 24.9 Å². The Morgan fingerprint density at radius 3 is 2.73 bits per heavy atom. The van der Waals surface area contributed by atoms with Crippen LogP contribution in [0.25, 0.3) is 32.8 Å². The standard InChI is InChI=1S/C33H31ClF3N3O4/c1-3-26-29-25(38-39(26)2)17-43-15-13-33(36,37)18-40-30-23(11-12-24(34)28(29)30)22(31(40)32(41)42)7-5-14-44-27-8-4-6-19-16-20(35)9-10-21(19)27/h4,6,8-12,16H,3,5,7,13-15,17-18H2,1-2H3,(H,41,42). The van der Waals surface area contributed by atoms with E-state index in [2.05, 4.69) is 5.10 Å². The van der Waals surface area contributed by atoms with Crippen LogP contribution in [0.1, 0.15) is 47.2 Å². The summed E-state index contributed by atoms with van der Waals surface area (Å²) in [5.41, 5.74) is 3.10. The highest BCUT2D eigenvalue weighted by Crippen LogP contribution is 2.44. The van der Waals surface area contributed by atoms with Crippen LogP contribution in [0.2, 0.25) is 5.02 Å². The molecule has 0 fully saturated rings. The molecule has 5 aromatic rings. The summed E-state index contributed by atoms with van der Waals surface area (Å²) in [7, 11) is 1.81. The van der Waals surface area contributed by atoms with E-state index in [1.165, 1.54) is 16.7 Å². The van der Waals surface area contributed by atoms with Gasteiger partial charge in [0, 0.05) is 41.1 Å². The fraction of sp³-hybridized carbons (Fsp3) is 0.333. The second kappa shape index (κ2) is 11.8. The number of aromatic nitrogens is 3. The Hall–Kier alpha value is -4.02. The Bertz CT molecular complexity index is 1900. The highest BCUT2D eigenvalue weighted by atomic mass is 35.5. The predicted octanol–water partition coefficient (Wildman–Crippen LogP) is 7.82. The number of aromatic carboxylic acids is 1. The van der Waals surface area contributed by atoms with Crippen LogP contribution in [-0.2, 0) is 37.8 Å². The summed E-state index contributed by atoms with van der Waals surface area (Å²) in [6.45, 7) is 1.14. The maximum atomic E-state index is 15.4. The van der Waals surface area contributed by atoms with Crippen molar-refractivity contribution in [1.29, 1.82) is 0 Å². The van der Waals surface area contributed by atoms with E-state index in [1.807, 2.05) is 6.92 Å². The normalized spacial score (nSPS) is 14.9. The topological polar surface area (TPSA) is 78.5 Å². The summed E-state index contributed by atoms with van der Waals surface area (Å²) in [6, 6.07) is 13.2. The van der Waals surface area contributed by atoms with Crippen molar-refractivity contribution in [3.05, 3.63) is 82.0 Å². The molecule has 0 saturated carbocycles. The van der Waals surface area contributed by atoms with Crippen molar-refractivity contribution in [3.8, 4) is 16.9 Å². The lowest BCUT2D eigenvalue weighted by molar-refractivity contribution is -0.0483. The van der Waals surface area contributed by atoms with Crippen LogP contribution in [-0.4, -0.2) is 44.6 Å². The number of hydrogen-bond acceptors (Lipinski definition) is 4. The van der Waals surface area contributed by atoms with Gasteiger partial charge < -0.3 is 19.1 Å². The van der Waals surface area contributed by atoms with Gasteiger partial charge in [-0.25, -0.2) is 18.0 Å². The highest BCUT2D eigenvalue weighted by molar-refractivity contribution is 6.35. The van der Waals surface area contributed by atoms with E-state index in [4.69, 9.17) is 21.1 Å². The molecule has 6 rings (SSSR count). The average molecular weight is 626 g/mol. The van der Waals surface area contributed by atoms with Gasteiger partial charge in [0.05, 0.1) is 42.6 Å². The van der Waals surface area contributed by atoms with Crippen molar-refractivity contribution in [1.82, 2.24) is 14.3 Å². The number of hydrogen-bond donors (Lipinski definition) is 1. The van der Waals surface area contributed by atoms with E-state index in [1.54, 1.807) is 48.1 Å². The van der Waals surface area contributed by atoms with Gasteiger partial charge >= 0.3 is 5.97 Å². The van der Waals surface area contributed by atoms with Crippen LogP contribution in [0.5, 0.6) is 5.75 Å². The van der Waals surface area contributed by atoms with Gasteiger partial charge in [-0.05, 0) is 60.5 Å². The van der Waals surface area contributed by atoms with Gasteiger partial charge in [-0.3, -0.25) is 4.68 Å². The summed E-state index contributed by atoms with van der Waals surface area (Å²) in [5, 5.41) is 17.4. The number of ether oxygens (including phenoxy) is 2. The minimum absolute atomic E-state index is 0.0173. The Kier molecular flexibility index (Phi) is 8.06. The van der Waals surface area contributed by atoms with E-state index >= 15 is 8.78 Å². The maximum Gasteiger partial charge on any atom is 0.352 e. The van der Waals surface area contributed by atoms with Gasteiger partial charge in [-0.2, -0.15) is 5.10 Å². The van der Waals surface area contributed by atoms with Crippen molar-refractivity contribution < 1.29 is 32.5 Å². The fourth-order valence-electron chi connectivity index (χ4n) is 6.28. The summed E-state index contributed by atoms with van der Waals surface area (Å²) in [4.78, 5) is 12.8. The average Bonchev–Trinajstić information content (AvgIpc) is 3.45. The summed E-state index contributed by atoms with van der Waals surface area (Å²) >= 11 is 6.83. The molecule has 0 amide bonds. The van der Waals surface area contributed by atoms with Gasteiger partial charge in [-0.1, -0.05) is 36.7 Å². The van der Waals surface area contributed by atoms with Gasteiger partial charge in [0.25, 0.3) is 5.92 Å². The third-order valence-corrected chi connectivity index (χ3v) is 8.49. The van der Waals surface area contributed by atoms with Crippen LogP contribution in [0.4, 0.5) is 13.2 Å². The van der Waals surface area contributed by atoms with Crippen molar-refractivity contribution in [3.63, 3.8) is 0 Å². The van der Waals surface area contributed by atoms with E-state index in [-0.39, 0.29) is 37.8 Å². The number of aryl methyl sites for hydroxylation is 2. The quantitative estimate of drug-likeness (QED) is 0.187. The van der Waals surface area contributed by atoms with E-state index in [0.717, 1.165) is 11.1 Å². The first kappa shape index (κ1) is 30.0. The first-order valence-corrected chi connectivity index (χ1v) is 14.9. The second-order valence-electron chi connectivity index (χ2n) is 11.0. The molecule has 0 aliphatic carbocycles. The van der Waals surface area contributed by atoms with E-state index in [9.17, 15) is 14.3 Å². The minimum Gasteiger partial charge on any atom is -0.493 e. The molecule has 0 spiro atoms. The van der Waals surface area contributed by atoms with Gasteiger partial charge in [0.1, 0.15) is 17.3 Å². The molecule has 3 aromatic carbocycles. The largest absolute Gasteiger partial charge is 0.493 e. The van der Waals surface area contributed by atoms with Crippen LogP contribution in [0.15, 0.2) is 48.5 Å². The molecule has 1 N–H and O–H groups in total. The summed E-state index contributed by atoms with van der Waals surface area (Å²) in [5.74, 6) is -4.33. The summed E-state index contributed by atoms with van der Waals surface area (Å²) < 4.78 is 59.1. The molecule has 11 heteroatoms. The Morgan fingerprint density at radius 2 is 1.95 bits per heavy atom. The van der Waals surface area contributed by atoms with Crippen LogP contribution in [0, 0.1) is 5.82 Å². The van der Waals surface area contributed by atoms with Crippen LogP contribution in [0.3, 0.4) is 0 Å². The summed E-state index contributed by atoms with van der Waals surface area (Å²) in [6.07, 6.45) is 0.653. The van der Waals surface area contributed by atoms with Crippen molar-refractivity contribution in [2.24, 2.45) is 7.05 Å². The molecule has 2 aromatic heterocycles. The predicted molar refractivity (Wildman–Crippen MR) is 162 cm³/mol. The minimum atomic E-state index is -3.25. The number of carbonyl (C=O) groups is 1. The molecule has 0 bridgehead atoms. The van der Waals surface area contributed by atoms with E-state index in [0.29, 0.717) is 62.3 Å². The molecule has 1 aliphatic heterocycles. The molecule has 3 heterocycles. The van der Waals surface area contributed by atoms with Gasteiger partial charge in [-0.15, -0.1) is 0 Å². The third-order valence-electron chi connectivity index (χ3n) is 8.18. The molecule has 0 radical (unpaired) electrons. The highest BCUT2D eigenvalue weighted by Gasteiger charge is 2.36. The Balaban J connectivity index is 1.46. The number of alkyl halides is 2. The number of nitrogens with zero attached hydrogens (tertiary/aromatic N) is 3. The molecule has 230 valence electrons. The third kappa shape index (κ3) is 5.41. The SMILES string of the molecule is CCc1c2c(nn1C)COCCC(F)(F)Cn1c(C(=O)O)c(CCCOc3cccc4cc(F)ccc34)c3ccc(Cl)c-2c31. The molecule has 1 aliphatic rings. The lowest BCUT2D eigenvalue weighted by Crippen LogP contribution is -2.27. The number of carboxylic acids is 1. The van der Waals surface area contributed by atoms with Gasteiger partial charge in [0.2, 0.25) is 0 Å². The number of fused-ring (bicyclic) bond motifs is 3.